The molecule has 1 aliphatic rings. The molecule has 1 amide bonds. The van der Waals surface area contributed by atoms with Gasteiger partial charge in [0.25, 0.3) is 12.4 Å². The molecule has 0 aliphatic carbocycles. The maximum absolute atomic E-state index is 12.9. The van der Waals surface area contributed by atoms with Crippen LogP contribution >= 0.6 is 11.3 Å². The van der Waals surface area contributed by atoms with Crippen LogP contribution in [-0.2, 0) is 4.79 Å². The van der Waals surface area contributed by atoms with Crippen molar-refractivity contribution in [2.45, 2.75) is 19.4 Å². The van der Waals surface area contributed by atoms with Gasteiger partial charge in [-0.05, 0) is 36.9 Å². The highest BCUT2D eigenvalue weighted by Crippen LogP contribution is 2.30. The summed E-state index contributed by atoms with van der Waals surface area (Å²) >= 11 is 1.64. The second-order valence-corrected chi connectivity index (χ2v) is 8.06. The van der Waals surface area contributed by atoms with E-state index < -0.39 is 0 Å². The summed E-state index contributed by atoms with van der Waals surface area (Å²) in [5, 5.41) is 8.92. The molecule has 0 radical (unpaired) electrons. The van der Waals surface area contributed by atoms with Crippen molar-refractivity contribution >= 4 is 33.9 Å². The van der Waals surface area contributed by atoms with Crippen LogP contribution in [0.4, 0.5) is 0 Å². The van der Waals surface area contributed by atoms with Crippen molar-refractivity contribution in [3.8, 4) is 11.3 Å². The molecule has 4 heterocycles. The van der Waals surface area contributed by atoms with Gasteiger partial charge in [-0.2, -0.15) is 0 Å². The first-order valence-corrected chi connectivity index (χ1v) is 10.7. The number of benzene rings is 1. The van der Waals surface area contributed by atoms with Crippen LogP contribution in [0.2, 0.25) is 0 Å². The van der Waals surface area contributed by atoms with Gasteiger partial charge in [-0.1, -0.05) is 12.1 Å². The molecule has 158 valence electrons. The lowest BCUT2D eigenvalue weighted by atomic mass is 10.1. The Hall–Kier alpha value is -3.59. The van der Waals surface area contributed by atoms with E-state index in [0.29, 0.717) is 11.6 Å². The first kappa shape index (κ1) is 20.7. The molecule has 1 unspecified atom stereocenters. The van der Waals surface area contributed by atoms with Gasteiger partial charge in [-0.3, -0.25) is 9.59 Å². The highest BCUT2D eigenvalue weighted by Gasteiger charge is 2.27. The molecule has 0 spiro atoms. The molecule has 4 aromatic rings. The summed E-state index contributed by atoms with van der Waals surface area (Å²) in [6.07, 6.45) is 6.52. The standard InChI is InChI=1S/C21H19N5OS.CH2O2/c1-14-23-18-7-11-28-20(18)19(24-14)15-2-4-16(5-3-15)21(27)25-9-6-17(12-25)26-10-8-22-13-26;2-1-3/h2-5,7-8,10-11,13,17H,6,9,12H2,1H3;1H,(H,2,3). The third-order valence-corrected chi connectivity index (χ3v) is 6.13. The van der Waals surface area contributed by atoms with Gasteiger partial charge in [-0.25, -0.2) is 15.0 Å². The van der Waals surface area contributed by atoms with Crippen molar-refractivity contribution in [2.24, 2.45) is 0 Å². The van der Waals surface area contributed by atoms with Crippen LogP contribution in [0, 0.1) is 6.92 Å². The van der Waals surface area contributed by atoms with Crippen LogP contribution in [0.25, 0.3) is 21.5 Å². The molecule has 0 saturated carbocycles. The van der Waals surface area contributed by atoms with Crippen molar-refractivity contribution in [2.75, 3.05) is 13.1 Å². The second kappa shape index (κ2) is 9.05. The van der Waals surface area contributed by atoms with Crippen molar-refractivity contribution in [1.29, 1.82) is 0 Å². The van der Waals surface area contributed by atoms with E-state index in [1.54, 1.807) is 17.5 Å². The Kier molecular flexibility index (Phi) is 6.03. The number of aromatic nitrogens is 4. The average Bonchev–Trinajstić information content (AvgIpc) is 3.54. The topological polar surface area (TPSA) is 101 Å². The Morgan fingerprint density at radius 3 is 2.71 bits per heavy atom. The fourth-order valence-corrected chi connectivity index (χ4v) is 4.63. The van der Waals surface area contributed by atoms with Gasteiger partial charge in [0.1, 0.15) is 5.82 Å². The van der Waals surface area contributed by atoms with Gasteiger partial charge in [-0.15, -0.1) is 11.3 Å². The van der Waals surface area contributed by atoms with Gasteiger partial charge in [0, 0.05) is 36.6 Å². The number of amides is 1. The number of hydrogen-bond donors (Lipinski definition) is 1. The molecule has 1 fully saturated rings. The van der Waals surface area contributed by atoms with E-state index in [9.17, 15) is 4.79 Å². The zero-order chi connectivity index (χ0) is 21.8. The number of carboxylic acid groups (broad SMARTS) is 1. The fraction of sp³-hybridized carbons (Fsp3) is 0.227. The second-order valence-electron chi connectivity index (χ2n) is 7.14. The van der Waals surface area contributed by atoms with Gasteiger partial charge in [0.2, 0.25) is 0 Å². The molecular formula is C22H21N5O3S. The lowest BCUT2D eigenvalue weighted by molar-refractivity contribution is -0.122. The molecule has 1 N–H and O–H groups in total. The zero-order valence-corrected chi connectivity index (χ0v) is 17.7. The molecule has 1 saturated heterocycles. The van der Waals surface area contributed by atoms with Gasteiger partial charge in [0.05, 0.1) is 28.3 Å². The normalized spacial score (nSPS) is 15.5. The Balaban J connectivity index is 0.000000730. The number of imidazole rings is 1. The fourth-order valence-electron chi connectivity index (χ4n) is 3.78. The van der Waals surface area contributed by atoms with E-state index >= 15 is 0 Å². The van der Waals surface area contributed by atoms with E-state index in [-0.39, 0.29) is 12.4 Å². The minimum atomic E-state index is -0.250. The number of carbonyl (C=O) groups excluding carboxylic acids is 1. The van der Waals surface area contributed by atoms with Gasteiger partial charge in [0.15, 0.2) is 0 Å². The molecule has 8 nitrogen and oxygen atoms in total. The SMILES string of the molecule is Cc1nc(-c2ccc(C(=O)N3CCC(n4ccnc4)C3)cc2)c2sccc2n1.O=CO. The van der Waals surface area contributed by atoms with Crippen LogP contribution in [0.3, 0.4) is 0 Å². The molecule has 0 bridgehead atoms. The zero-order valence-electron chi connectivity index (χ0n) is 16.9. The predicted octanol–water partition coefficient (Wildman–Crippen LogP) is 3.65. The molecule has 5 rings (SSSR count). The Labute approximate surface area is 182 Å². The maximum Gasteiger partial charge on any atom is 0.290 e. The van der Waals surface area contributed by atoms with Crippen molar-refractivity contribution in [3.05, 3.63) is 65.8 Å². The van der Waals surface area contributed by atoms with E-state index in [4.69, 9.17) is 9.90 Å². The molecule has 31 heavy (non-hydrogen) atoms. The third-order valence-electron chi connectivity index (χ3n) is 5.22. The van der Waals surface area contributed by atoms with Gasteiger partial charge < -0.3 is 14.6 Å². The Morgan fingerprint density at radius 2 is 2.00 bits per heavy atom. The summed E-state index contributed by atoms with van der Waals surface area (Å²) in [5.74, 6) is 0.831. The van der Waals surface area contributed by atoms with Gasteiger partial charge >= 0.3 is 0 Å². The summed E-state index contributed by atoms with van der Waals surface area (Å²) in [5.41, 5.74) is 3.61. The van der Waals surface area contributed by atoms with Crippen LogP contribution < -0.4 is 0 Å². The number of hydrogen-bond acceptors (Lipinski definition) is 6. The van der Waals surface area contributed by atoms with E-state index in [1.165, 1.54) is 0 Å². The number of thiophene rings is 1. The molecule has 1 atom stereocenters. The monoisotopic (exact) mass is 435 g/mol. The largest absolute Gasteiger partial charge is 0.483 e. The van der Waals surface area contributed by atoms with Crippen molar-refractivity contribution < 1.29 is 14.7 Å². The van der Waals surface area contributed by atoms with Crippen LogP contribution in [0.5, 0.6) is 0 Å². The summed E-state index contributed by atoms with van der Waals surface area (Å²) < 4.78 is 3.16. The summed E-state index contributed by atoms with van der Waals surface area (Å²) in [6.45, 7) is 3.14. The highest BCUT2D eigenvalue weighted by atomic mass is 32.1. The molecule has 1 aliphatic heterocycles. The summed E-state index contributed by atoms with van der Waals surface area (Å²) in [4.78, 5) is 36.4. The molecule has 3 aromatic heterocycles. The molecule has 1 aromatic carbocycles. The number of carbonyl (C=O) groups is 2. The summed E-state index contributed by atoms with van der Waals surface area (Å²) in [7, 11) is 0. The number of rotatable bonds is 3. The van der Waals surface area contributed by atoms with Crippen molar-refractivity contribution in [1.82, 2.24) is 24.4 Å². The number of nitrogens with zero attached hydrogens (tertiary/aromatic N) is 5. The predicted molar refractivity (Wildman–Crippen MR) is 118 cm³/mol. The minimum Gasteiger partial charge on any atom is -0.483 e. The smallest absolute Gasteiger partial charge is 0.290 e. The lowest BCUT2D eigenvalue weighted by Crippen LogP contribution is -2.29. The third kappa shape index (κ3) is 4.31. The lowest BCUT2D eigenvalue weighted by Gasteiger charge is -2.17. The Morgan fingerprint density at radius 1 is 1.23 bits per heavy atom. The first-order valence-electron chi connectivity index (χ1n) is 9.77. The summed E-state index contributed by atoms with van der Waals surface area (Å²) in [6, 6.07) is 10.1. The Bertz CT molecular complexity index is 1190. The van der Waals surface area contributed by atoms with Crippen LogP contribution in [0.1, 0.15) is 28.6 Å². The van der Waals surface area contributed by atoms with Crippen LogP contribution in [0.15, 0.2) is 54.4 Å². The number of fused-ring (bicyclic) bond motifs is 1. The van der Waals surface area contributed by atoms with Crippen molar-refractivity contribution in [3.63, 3.8) is 0 Å². The van der Waals surface area contributed by atoms with E-state index in [1.807, 2.05) is 60.1 Å². The number of likely N-dealkylation sites (tertiary alicyclic amines) is 1. The quantitative estimate of drug-likeness (QED) is 0.493. The molecule has 9 heteroatoms. The molecular weight excluding hydrogens is 414 g/mol. The first-order chi connectivity index (χ1) is 15.1. The number of aryl methyl sites for hydroxylation is 1. The maximum atomic E-state index is 12.9. The average molecular weight is 436 g/mol. The minimum absolute atomic E-state index is 0.0781. The van der Waals surface area contributed by atoms with E-state index in [0.717, 1.165) is 46.8 Å². The van der Waals surface area contributed by atoms with E-state index in [2.05, 4.69) is 19.5 Å². The highest BCUT2D eigenvalue weighted by molar-refractivity contribution is 7.17. The van der Waals surface area contributed by atoms with Crippen LogP contribution in [-0.4, -0.2) is 55.0 Å².